The Bertz CT molecular complexity index is 311. The highest BCUT2D eigenvalue weighted by Gasteiger charge is 1.99. The van der Waals surface area contributed by atoms with Crippen LogP contribution >= 0.6 is 0 Å². The molecule has 3 nitrogen and oxygen atoms in total. The van der Waals surface area contributed by atoms with Gasteiger partial charge in [-0.05, 0) is 44.1 Å². The molecular weight excluding hydrogens is 224 g/mol. The number of nitrogens with zero attached hydrogens (tertiary/aromatic N) is 1. The zero-order valence-corrected chi connectivity index (χ0v) is 11.9. The first-order chi connectivity index (χ1) is 8.76. The van der Waals surface area contributed by atoms with Crippen LogP contribution in [-0.2, 0) is 6.42 Å². The molecule has 0 fully saturated rings. The number of benzene rings is 1. The summed E-state index contributed by atoms with van der Waals surface area (Å²) in [6, 6.07) is 8.33. The summed E-state index contributed by atoms with van der Waals surface area (Å²) in [5.41, 5.74) is 1.36. The second-order valence-electron chi connectivity index (χ2n) is 4.65. The molecule has 0 saturated carbocycles. The highest BCUT2D eigenvalue weighted by atomic mass is 16.5. The van der Waals surface area contributed by atoms with Crippen LogP contribution in [-0.4, -0.2) is 45.2 Å². The molecule has 102 valence electrons. The number of hydrogen-bond donors (Lipinski definition) is 1. The summed E-state index contributed by atoms with van der Waals surface area (Å²) in [7, 11) is 3.88. The number of likely N-dealkylation sites (N-methyl/N-ethyl adjacent to an activating group) is 1. The van der Waals surface area contributed by atoms with Crippen molar-refractivity contribution in [1.29, 1.82) is 0 Å². The quantitative estimate of drug-likeness (QED) is 0.680. The first-order valence-corrected chi connectivity index (χ1v) is 6.78. The number of rotatable bonds is 9. The number of nitrogens with one attached hydrogen (secondary N) is 1. The van der Waals surface area contributed by atoms with E-state index in [1.807, 2.05) is 12.1 Å². The standard InChI is InChI=1S/C15H26N2O/c1-4-10-16-11-13-17(2)12-9-14-5-7-15(18-3)8-6-14/h5-8,16H,4,9-13H2,1-3H3. The van der Waals surface area contributed by atoms with Crippen LogP contribution in [0, 0.1) is 0 Å². The monoisotopic (exact) mass is 250 g/mol. The van der Waals surface area contributed by atoms with Gasteiger partial charge in [0.1, 0.15) is 5.75 Å². The fourth-order valence-corrected chi connectivity index (χ4v) is 1.80. The van der Waals surface area contributed by atoms with Crippen LogP contribution in [0.5, 0.6) is 5.75 Å². The van der Waals surface area contributed by atoms with Crippen LogP contribution in [0.1, 0.15) is 18.9 Å². The summed E-state index contributed by atoms with van der Waals surface area (Å²) < 4.78 is 5.15. The Balaban J connectivity index is 2.18. The third kappa shape index (κ3) is 6.03. The molecule has 0 aliphatic heterocycles. The van der Waals surface area contributed by atoms with Crippen LogP contribution in [0.25, 0.3) is 0 Å². The van der Waals surface area contributed by atoms with Gasteiger partial charge in [0.2, 0.25) is 0 Å². The molecule has 0 heterocycles. The molecule has 3 heteroatoms. The van der Waals surface area contributed by atoms with Crippen molar-refractivity contribution in [3.8, 4) is 5.75 Å². The molecule has 18 heavy (non-hydrogen) atoms. The molecule has 0 atom stereocenters. The molecule has 0 spiro atoms. The Hall–Kier alpha value is -1.06. The van der Waals surface area contributed by atoms with Gasteiger partial charge < -0.3 is 15.0 Å². The van der Waals surface area contributed by atoms with E-state index in [2.05, 4.69) is 36.3 Å². The molecule has 0 amide bonds. The summed E-state index contributed by atoms with van der Waals surface area (Å²) in [6.45, 7) is 6.59. The Kier molecular flexibility index (Phi) is 7.46. The van der Waals surface area contributed by atoms with E-state index in [1.54, 1.807) is 7.11 Å². The molecule has 0 aliphatic rings. The third-order valence-electron chi connectivity index (χ3n) is 3.04. The lowest BCUT2D eigenvalue weighted by Crippen LogP contribution is -2.30. The van der Waals surface area contributed by atoms with Crippen molar-refractivity contribution in [2.75, 3.05) is 40.3 Å². The summed E-state index contributed by atoms with van der Waals surface area (Å²) >= 11 is 0. The average Bonchev–Trinajstić information content (AvgIpc) is 2.42. The van der Waals surface area contributed by atoms with Crippen molar-refractivity contribution in [3.05, 3.63) is 29.8 Å². The number of hydrogen-bond acceptors (Lipinski definition) is 3. The average molecular weight is 250 g/mol. The van der Waals surface area contributed by atoms with Crippen LogP contribution in [0.4, 0.5) is 0 Å². The summed E-state index contributed by atoms with van der Waals surface area (Å²) in [5.74, 6) is 0.927. The van der Waals surface area contributed by atoms with E-state index in [-0.39, 0.29) is 0 Å². The normalized spacial score (nSPS) is 10.9. The largest absolute Gasteiger partial charge is 0.497 e. The smallest absolute Gasteiger partial charge is 0.118 e. The van der Waals surface area contributed by atoms with Crippen LogP contribution < -0.4 is 10.1 Å². The lowest BCUT2D eigenvalue weighted by atomic mass is 10.1. The first kappa shape index (κ1) is 15.0. The Morgan fingerprint density at radius 3 is 2.44 bits per heavy atom. The van der Waals surface area contributed by atoms with Gasteiger partial charge in [0.15, 0.2) is 0 Å². The van der Waals surface area contributed by atoms with Crippen LogP contribution in [0.3, 0.4) is 0 Å². The Morgan fingerprint density at radius 1 is 1.11 bits per heavy atom. The first-order valence-electron chi connectivity index (χ1n) is 6.78. The van der Waals surface area contributed by atoms with Gasteiger partial charge >= 0.3 is 0 Å². The molecule has 1 rings (SSSR count). The molecule has 1 aromatic rings. The van der Waals surface area contributed by atoms with Crippen molar-refractivity contribution in [2.45, 2.75) is 19.8 Å². The topological polar surface area (TPSA) is 24.5 Å². The van der Waals surface area contributed by atoms with E-state index in [0.29, 0.717) is 0 Å². The van der Waals surface area contributed by atoms with Crippen molar-refractivity contribution < 1.29 is 4.74 Å². The molecule has 0 radical (unpaired) electrons. The van der Waals surface area contributed by atoms with Gasteiger partial charge in [-0.2, -0.15) is 0 Å². The minimum Gasteiger partial charge on any atom is -0.497 e. The Labute approximate surface area is 111 Å². The zero-order valence-electron chi connectivity index (χ0n) is 11.9. The fourth-order valence-electron chi connectivity index (χ4n) is 1.80. The van der Waals surface area contributed by atoms with E-state index in [4.69, 9.17) is 4.74 Å². The maximum atomic E-state index is 5.15. The molecule has 0 aromatic heterocycles. The summed E-state index contributed by atoms with van der Waals surface area (Å²) in [6.07, 6.45) is 2.30. The minimum absolute atomic E-state index is 0.927. The second-order valence-corrected chi connectivity index (χ2v) is 4.65. The molecule has 1 N–H and O–H groups in total. The zero-order chi connectivity index (χ0) is 13.2. The summed E-state index contributed by atoms with van der Waals surface area (Å²) in [5, 5.41) is 3.42. The molecule has 0 unspecified atom stereocenters. The fraction of sp³-hybridized carbons (Fsp3) is 0.600. The Morgan fingerprint density at radius 2 is 1.83 bits per heavy atom. The van der Waals surface area contributed by atoms with Crippen molar-refractivity contribution in [3.63, 3.8) is 0 Å². The van der Waals surface area contributed by atoms with Crippen molar-refractivity contribution in [2.24, 2.45) is 0 Å². The predicted octanol–water partition coefficient (Wildman–Crippen LogP) is 2.17. The van der Waals surface area contributed by atoms with E-state index in [0.717, 1.165) is 38.3 Å². The SMILES string of the molecule is CCCNCCN(C)CCc1ccc(OC)cc1. The van der Waals surface area contributed by atoms with E-state index in [1.165, 1.54) is 12.0 Å². The second kappa shape index (κ2) is 8.95. The van der Waals surface area contributed by atoms with Crippen LogP contribution in [0.2, 0.25) is 0 Å². The minimum atomic E-state index is 0.927. The lowest BCUT2D eigenvalue weighted by molar-refractivity contribution is 0.336. The van der Waals surface area contributed by atoms with Crippen molar-refractivity contribution in [1.82, 2.24) is 10.2 Å². The van der Waals surface area contributed by atoms with E-state index in [9.17, 15) is 0 Å². The molecule has 0 saturated heterocycles. The van der Waals surface area contributed by atoms with Gasteiger partial charge in [0, 0.05) is 19.6 Å². The lowest BCUT2D eigenvalue weighted by Gasteiger charge is -2.16. The molecule has 0 aliphatic carbocycles. The maximum Gasteiger partial charge on any atom is 0.118 e. The van der Waals surface area contributed by atoms with Gasteiger partial charge in [-0.3, -0.25) is 0 Å². The number of ether oxygens (including phenoxy) is 1. The molecule has 0 bridgehead atoms. The van der Waals surface area contributed by atoms with Gasteiger partial charge in [0.05, 0.1) is 7.11 Å². The number of methoxy groups -OCH3 is 1. The van der Waals surface area contributed by atoms with Crippen LogP contribution in [0.15, 0.2) is 24.3 Å². The molecule has 1 aromatic carbocycles. The highest BCUT2D eigenvalue weighted by Crippen LogP contribution is 2.11. The highest BCUT2D eigenvalue weighted by molar-refractivity contribution is 5.27. The van der Waals surface area contributed by atoms with Gasteiger partial charge in [-0.1, -0.05) is 19.1 Å². The molecular formula is C15H26N2O. The third-order valence-corrected chi connectivity index (χ3v) is 3.04. The van der Waals surface area contributed by atoms with Gasteiger partial charge in [0.25, 0.3) is 0 Å². The van der Waals surface area contributed by atoms with E-state index >= 15 is 0 Å². The summed E-state index contributed by atoms with van der Waals surface area (Å²) in [4.78, 5) is 2.37. The van der Waals surface area contributed by atoms with Gasteiger partial charge in [-0.15, -0.1) is 0 Å². The van der Waals surface area contributed by atoms with E-state index < -0.39 is 0 Å². The van der Waals surface area contributed by atoms with Crippen molar-refractivity contribution >= 4 is 0 Å². The van der Waals surface area contributed by atoms with Gasteiger partial charge in [-0.25, -0.2) is 0 Å². The predicted molar refractivity (Wildman–Crippen MR) is 77.4 cm³/mol. The maximum absolute atomic E-state index is 5.15.